The van der Waals surface area contributed by atoms with Crippen LogP contribution < -0.4 is 0 Å². The van der Waals surface area contributed by atoms with E-state index in [2.05, 4.69) is 10.2 Å². The normalized spacial score (nSPS) is 10.9. The first-order chi connectivity index (χ1) is 8.49. The standard InChI is InChI=1S/C13H22BN3O/c1-9(2)12-11(10(3)15-16-12)13(18)17(4)8-6-5-7-14/h9H,5-8H2,1-4H3,(H,15,16). The van der Waals surface area contributed by atoms with Crippen molar-refractivity contribution in [3.63, 3.8) is 0 Å². The average molecular weight is 247 g/mol. The van der Waals surface area contributed by atoms with E-state index >= 15 is 0 Å². The van der Waals surface area contributed by atoms with Crippen LogP contribution in [-0.4, -0.2) is 42.4 Å². The van der Waals surface area contributed by atoms with Crippen LogP contribution in [0.1, 0.15) is 54.4 Å². The molecular formula is C13H22BN3O. The molecular weight excluding hydrogens is 225 g/mol. The van der Waals surface area contributed by atoms with Gasteiger partial charge in [-0.05, 0) is 19.3 Å². The molecule has 0 spiro atoms. The van der Waals surface area contributed by atoms with E-state index in [-0.39, 0.29) is 11.8 Å². The van der Waals surface area contributed by atoms with Gasteiger partial charge in [-0.2, -0.15) is 5.10 Å². The van der Waals surface area contributed by atoms with Crippen LogP contribution in [0.5, 0.6) is 0 Å². The number of nitrogens with one attached hydrogen (secondary N) is 1. The summed E-state index contributed by atoms with van der Waals surface area (Å²) in [6.45, 7) is 6.71. The maximum absolute atomic E-state index is 12.4. The van der Waals surface area contributed by atoms with Gasteiger partial charge in [0, 0.05) is 19.3 Å². The van der Waals surface area contributed by atoms with Crippen LogP contribution in [0.3, 0.4) is 0 Å². The molecule has 98 valence electrons. The number of aryl methyl sites for hydroxylation is 1. The first-order valence-electron chi connectivity index (χ1n) is 6.49. The zero-order chi connectivity index (χ0) is 13.7. The van der Waals surface area contributed by atoms with Gasteiger partial charge in [-0.15, -0.1) is 0 Å². The van der Waals surface area contributed by atoms with E-state index in [0.29, 0.717) is 6.32 Å². The number of hydrogen-bond acceptors (Lipinski definition) is 2. The summed E-state index contributed by atoms with van der Waals surface area (Å²) in [4.78, 5) is 14.1. The Balaban J connectivity index is 2.79. The third-order valence-electron chi connectivity index (χ3n) is 3.03. The summed E-state index contributed by atoms with van der Waals surface area (Å²) in [6.07, 6.45) is 2.55. The van der Waals surface area contributed by atoms with Gasteiger partial charge in [-0.1, -0.05) is 26.6 Å². The Morgan fingerprint density at radius 2 is 2.11 bits per heavy atom. The van der Waals surface area contributed by atoms with Crippen molar-refractivity contribution in [2.45, 2.75) is 45.9 Å². The van der Waals surface area contributed by atoms with Crippen LogP contribution >= 0.6 is 0 Å². The molecule has 0 bridgehead atoms. The molecule has 0 saturated carbocycles. The number of aromatic nitrogens is 2. The van der Waals surface area contributed by atoms with Gasteiger partial charge < -0.3 is 4.90 Å². The predicted molar refractivity (Wildman–Crippen MR) is 74.2 cm³/mol. The van der Waals surface area contributed by atoms with Gasteiger partial charge >= 0.3 is 0 Å². The Kier molecular flexibility index (Phi) is 5.44. The Labute approximate surface area is 111 Å². The summed E-state index contributed by atoms with van der Waals surface area (Å²) >= 11 is 0. The maximum atomic E-state index is 12.4. The Morgan fingerprint density at radius 1 is 1.44 bits per heavy atom. The van der Waals surface area contributed by atoms with Crippen molar-refractivity contribution in [2.75, 3.05) is 13.6 Å². The molecule has 0 fully saturated rings. The van der Waals surface area contributed by atoms with E-state index < -0.39 is 0 Å². The predicted octanol–water partition coefficient (Wildman–Crippen LogP) is 2.28. The number of amides is 1. The number of H-pyrrole nitrogens is 1. The molecule has 0 aliphatic carbocycles. The first kappa shape index (κ1) is 14.8. The van der Waals surface area contributed by atoms with Crippen LogP contribution in [0.4, 0.5) is 0 Å². The smallest absolute Gasteiger partial charge is 0.257 e. The van der Waals surface area contributed by atoms with Crippen LogP contribution in [0, 0.1) is 6.92 Å². The van der Waals surface area contributed by atoms with Gasteiger partial charge in [0.15, 0.2) is 0 Å². The van der Waals surface area contributed by atoms with Crippen LogP contribution in [0.25, 0.3) is 0 Å². The number of hydrogen-bond donors (Lipinski definition) is 1. The van der Waals surface area contributed by atoms with Crippen molar-refractivity contribution in [1.29, 1.82) is 0 Å². The zero-order valence-electron chi connectivity index (χ0n) is 11.8. The molecule has 0 aliphatic rings. The Morgan fingerprint density at radius 3 is 2.67 bits per heavy atom. The van der Waals surface area contributed by atoms with Crippen molar-refractivity contribution in [3.05, 3.63) is 17.0 Å². The molecule has 1 heterocycles. The molecule has 1 N–H and O–H groups in total. The van der Waals surface area contributed by atoms with E-state index in [4.69, 9.17) is 7.85 Å². The third kappa shape index (κ3) is 3.37. The largest absolute Gasteiger partial charge is 0.342 e. The summed E-state index contributed by atoms with van der Waals surface area (Å²) in [5.41, 5.74) is 2.41. The average Bonchev–Trinajstić information content (AvgIpc) is 2.70. The number of unbranched alkanes of at least 4 members (excludes halogenated alkanes) is 1. The maximum Gasteiger partial charge on any atom is 0.257 e. The molecule has 0 unspecified atom stereocenters. The lowest BCUT2D eigenvalue weighted by molar-refractivity contribution is 0.0791. The minimum atomic E-state index is 0.0435. The highest BCUT2D eigenvalue weighted by Gasteiger charge is 2.22. The Hall–Kier alpha value is -1.26. The van der Waals surface area contributed by atoms with Crippen molar-refractivity contribution in [2.24, 2.45) is 0 Å². The van der Waals surface area contributed by atoms with Crippen molar-refractivity contribution in [3.8, 4) is 0 Å². The fourth-order valence-electron chi connectivity index (χ4n) is 1.92. The lowest BCUT2D eigenvalue weighted by Crippen LogP contribution is -2.29. The summed E-state index contributed by atoms with van der Waals surface area (Å²) in [6, 6.07) is 0. The van der Waals surface area contributed by atoms with Crippen molar-refractivity contribution in [1.82, 2.24) is 15.1 Å². The number of aromatic amines is 1. The van der Waals surface area contributed by atoms with E-state index in [1.54, 1.807) is 4.90 Å². The molecule has 1 rings (SSSR count). The molecule has 2 radical (unpaired) electrons. The van der Waals surface area contributed by atoms with Gasteiger partial charge in [0.25, 0.3) is 5.91 Å². The number of nitrogens with zero attached hydrogens (tertiary/aromatic N) is 2. The summed E-state index contributed by atoms with van der Waals surface area (Å²) in [5.74, 6) is 0.285. The lowest BCUT2D eigenvalue weighted by atomic mass is 10.00. The molecule has 1 aromatic heterocycles. The SMILES string of the molecule is [B]CCCCN(C)C(=O)c1c(C(C)C)n[nH]c1C. The van der Waals surface area contributed by atoms with E-state index in [0.717, 1.165) is 36.3 Å². The molecule has 1 aromatic rings. The van der Waals surface area contributed by atoms with Gasteiger partial charge in [-0.25, -0.2) is 0 Å². The zero-order valence-corrected chi connectivity index (χ0v) is 11.8. The second-order valence-electron chi connectivity index (χ2n) is 4.99. The molecule has 1 amide bonds. The molecule has 0 saturated heterocycles. The van der Waals surface area contributed by atoms with Crippen LogP contribution in [-0.2, 0) is 0 Å². The minimum Gasteiger partial charge on any atom is -0.342 e. The van der Waals surface area contributed by atoms with Crippen molar-refractivity contribution < 1.29 is 4.79 Å². The highest BCUT2D eigenvalue weighted by Crippen LogP contribution is 2.21. The minimum absolute atomic E-state index is 0.0435. The number of carbonyl (C=O) groups is 1. The molecule has 0 atom stereocenters. The van der Waals surface area contributed by atoms with Gasteiger partial charge in [0.1, 0.15) is 0 Å². The number of rotatable bonds is 6. The Bertz CT molecular complexity index is 401. The summed E-state index contributed by atoms with van der Waals surface area (Å²) < 4.78 is 0. The molecule has 4 nitrogen and oxygen atoms in total. The molecule has 18 heavy (non-hydrogen) atoms. The quantitative estimate of drug-likeness (QED) is 0.619. The van der Waals surface area contributed by atoms with Gasteiger partial charge in [0.2, 0.25) is 0 Å². The monoisotopic (exact) mass is 247 g/mol. The van der Waals surface area contributed by atoms with E-state index in [1.165, 1.54) is 0 Å². The second-order valence-corrected chi connectivity index (χ2v) is 4.99. The van der Waals surface area contributed by atoms with E-state index in [9.17, 15) is 4.79 Å². The topological polar surface area (TPSA) is 49.0 Å². The van der Waals surface area contributed by atoms with Crippen molar-refractivity contribution >= 4 is 13.8 Å². The highest BCUT2D eigenvalue weighted by molar-refractivity contribution is 6.08. The molecule has 0 aromatic carbocycles. The summed E-state index contributed by atoms with van der Waals surface area (Å²) in [7, 11) is 7.28. The van der Waals surface area contributed by atoms with E-state index in [1.807, 2.05) is 27.8 Å². The van der Waals surface area contributed by atoms with Gasteiger partial charge in [0.05, 0.1) is 19.1 Å². The summed E-state index contributed by atoms with van der Waals surface area (Å²) in [5, 5.41) is 7.13. The fourth-order valence-corrected chi connectivity index (χ4v) is 1.92. The van der Waals surface area contributed by atoms with Crippen LogP contribution in [0.2, 0.25) is 6.32 Å². The number of carbonyl (C=O) groups excluding carboxylic acids is 1. The third-order valence-corrected chi connectivity index (χ3v) is 3.03. The second kappa shape index (κ2) is 6.62. The molecule has 5 heteroatoms. The molecule has 0 aliphatic heterocycles. The first-order valence-corrected chi connectivity index (χ1v) is 6.49. The highest BCUT2D eigenvalue weighted by atomic mass is 16.2. The lowest BCUT2D eigenvalue weighted by Gasteiger charge is -2.18. The van der Waals surface area contributed by atoms with Crippen LogP contribution in [0.15, 0.2) is 0 Å². The van der Waals surface area contributed by atoms with Gasteiger partial charge in [-0.3, -0.25) is 9.89 Å². The fraction of sp³-hybridized carbons (Fsp3) is 0.692.